The van der Waals surface area contributed by atoms with Gasteiger partial charge in [-0.05, 0) is 0 Å². The summed E-state index contributed by atoms with van der Waals surface area (Å²) in [6, 6.07) is 0. The van der Waals surface area contributed by atoms with E-state index in [-0.39, 0.29) is 40.4 Å². The summed E-state index contributed by atoms with van der Waals surface area (Å²) in [5.74, 6) is 0. The molecule has 0 radical (unpaired) electrons. The SMILES string of the molecule is [AlH3].[MgH2].[Mn][SbH2]. The van der Waals surface area contributed by atoms with Crippen LogP contribution in [-0.2, 0) is 12.7 Å². The average molecular weight is 235 g/mol. The van der Waals surface area contributed by atoms with Crippen LogP contribution in [0.4, 0.5) is 0 Å². The Morgan fingerprint density at radius 2 is 1.25 bits per heavy atom. The zero-order valence-corrected chi connectivity index (χ0v) is 5.43. The van der Waals surface area contributed by atoms with Gasteiger partial charge in [0.05, 0.1) is 0 Å². The molecular formula is H7AlMgMnSb. The molecule has 4 heteroatoms. The molecule has 0 heterocycles. The van der Waals surface area contributed by atoms with Crippen LogP contribution < -0.4 is 0 Å². The van der Waals surface area contributed by atoms with E-state index in [1.807, 2.05) is 0 Å². The Labute approximate surface area is 72.6 Å². The van der Waals surface area contributed by atoms with E-state index in [0.717, 1.165) is 20.7 Å². The van der Waals surface area contributed by atoms with Crippen molar-refractivity contribution in [1.82, 2.24) is 0 Å². The molecule has 0 N–H and O–H groups in total. The van der Waals surface area contributed by atoms with Gasteiger partial charge in [-0.3, -0.25) is 0 Å². The molecule has 0 saturated carbocycles. The normalized spacial score (nSPS) is 1.50. The molecule has 0 amide bonds. The average Bonchev–Trinajstić information content (AvgIpc) is 1.00. The molecule has 24 valence electrons. The summed E-state index contributed by atoms with van der Waals surface area (Å²) >= 11 is 4.23. The van der Waals surface area contributed by atoms with E-state index in [4.69, 9.17) is 0 Å². The molecule has 0 fully saturated rings. The van der Waals surface area contributed by atoms with Gasteiger partial charge in [-0.25, -0.2) is 0 Å². The van der Waals surface area contributed by atoms with Crippen molar-refractivity contribution in [2.24, 2.45) is 0 Å². The fourth-order valence-corrected chi connectivity index (χ4v) is 0. The minimum absolute atomic E-state index is 0. The number of hydrogen-bond acceptors (Lipinski definition) is 0. The molecule has 0 rings (SSSR count). The summed E-state index contributed by atoms with van der Waals surface area (Å²) in [5.41, 5.74) is 0. The zero-order chi connectivity index (χ0) is 2.00. The van der Waals surface area contributed by atoms with Gasteiger partial charge in [0, 0.05) is 0 Å². The molecule has 0 aromatic heterocycles. The van der Waals surface area contributed by atoms with Crippen LogP contribution in [0.2, 0.25) is 0 Å². The minimum atomic E-state index is 0. The Bertz CT molecular complexity index is 8.00. The number of hydrogen-bond donors (Lipinski definition) is 0. The van der Waals surface area contributed by atoms with Gasteiger partial charge in [0.1, 0.15) is 0 Å². The van der Waals surface area contributed by atoms with Crippen LogP contribution in [0.25, 0.3) is 0 Å². The monoisotopic (exact) mass is 234 g/mol. The van der Waals surface area contributed by atoms with Crippen molar-refractivity contribution in [3.63, 3.8) is 0 Å². The summed E-state index contributed by atoms with van der Waals surface area (Å²) in [6.45, 7) is 0. The van der Waals surface area contributed by atoms with Gasteiger partial charge in [0.15, 0.2) is 17.4 Å². The predicted molar refractivity (Wildman–Crippen MR) is 27.0 cm³/mol. The molecule has 0 bridgehead atoms. The van der Waals surface area contributed by atoms with E-state index >= 15 is 0 Å². The van der Waals surface area contributed by atoms with Gasteiger partial charge in [-0.2, -0.15) is 0 Å². The van der Waals surface area contributed by atoms with Crippen LogP contribution in [0.15, 0.2) is 0 Å². The summed E-state index contributed by atoms with van der Waals surface area (Å²) < 4.78 is 0. The Kier molecular flexibility index (Phi) is 69.5. The van der Waals surface area contributed by atoms with Gasteiger partial charge in [0.2, 0.25) is 0 Å². The topological polar surface area (TPSA) is 0 Å². The standard InChI is InChI=1S/Al.Mg.Mn.Sb.7H. The van der Waals surface area contributed by atoms with Crippen molar-refractivity contribution in [3.8, 4) is 0 Å². The molecule has 0 saturated heterocycles. The predicted octanol–water partition coefficient (Wildman–Crippen LogP) is -3.02. The molecule has 0 aromatic rings. The first-order valence-corrected chi connectivity index (χ1v) is 6.04. The fraction of sp³-hybridized carbons (Fsp3) is 0. The maximum atomic E-state index is 3.07. The maximum absolute atomic E-state index is 3.07. The van der Waals surface area contributed by atoms with Crippen LogP contribution >= 0.6 is 0 Å². The molecule has 4 heavy (non-hydrogen) atoms. The second-order valence-corrected chi connectivity index (χ2v) is 0. The molecule has 0 atom stereocenters. The molecule has 0 aliphatic heterocycles. The Hall–Kier alpha value is 2.64. The van der Waals surface area contributed by atoms with Crippen molar-refractivity contribution >= 4 is 61.2 Å². The summed E-state index contributed by atoms with van der Waals surface area (Å²) in [6.07, 6.45) is 0. The molecule has 0 aliphatic rings. The van der Waals surface area contributed by atoms with E-state index in [9.17, 15) is 0 Å². The first kappa shape index (κ1) is 15.9. The van der Waals surface area contributed by atoms with Crippen LogP contribution in [0.1, 0.15) is 0 Å². The van der Waals surface area contributed by atoms with Crippen molar-refractivity contribution in [1.29, 1.82) is 0 Å². The molecular weight excluding hydrogens is 228 g/mol. The summed E-state index contributed by atoms with van der Waals surface area (Å²) in [7, 11) is 0. The summed E-state index contributed by atoms with van der Waals surface area (Å²) in [4.78, 5) is 0. The van der Waals surface area contributed by atoms with E-state index in [1.54, 1.807) is 0 Å². The third-order valence-corrected chi connectivity index (χ3v) is 0. The van der Waals surface area contributed by atoms with Gasteiger partial charge in [-0.15, -0.1) is 0 Å². The Morgan fingerprint density at radius 3 is 1.25 bits per heavy atom. The second-order valence-electron chi connectivity index (χ2n) is 0. The first-order valence-electron chi connectivity index (χ1n) is 0.218. The van der Waals surface area contributed by atoms with Gasteiger partial charge >= 0.3 is 56.5 Å². The molecule has 0 aromatic carbocycles. The van der Waals surface area contributed by atoms with Crippen LogP contribution in [-0.4, -0.2) is 61.2 Å². The first-order chi connectivity index (χ1) is 1.00. The Morgan fingerprint density at radius 1 is 1.25 bits per heavy atom. The van der Waals surface area contributed by atoms with Crippen molar-refractivity contribution in [3.05, 3.63) is 0 Å². The van der Waals surface area contributed by atoms with Crippen molar-refractivity contribution < 1.29 is 12.7 Å². The zero-order valence-electron chi connectivity index (χ0n) is 0.955. The van der Waals surface area contributed by atoms with Crippen LogP contribution in [0.5, 0.6) is 0 Å². The third kappa shape index (κ3) is 8.82. The summed E-state index contributed by atoms with van der Waals surface area (Å²) in [5, 5.41) is 0. The van der Waals surface area contributed by atoms with Gasteiger partial charge in [-0.1, -0.05) is 0 Å². The second kappa shape index (κ2) is 17.4. The van der Waals surface area contributed by atoms with E-state index in [0.29, 0.717) is 0 Å². The molecule has 0 aliphatic carbocycles. The molecule has 0 unspecified atom stereocenters. The van der Waals surface area contributed by atoms with Gasteiger partial charge in [0.25, 0.3) is 0 Å². The fourth-order valence-electron chi connectivity index (χ4n) is 0. The molecule has 0 spiro atoms. The molecule has 0 nitrogen and oxygen atoms in total. The third-order valence-electron chi connectivity index (χ3n) is 0. The van der Waals surface area contributed by atoms with E-state index in [2.05, 4.69) is 12.7 Å². The van der Waals surface area contributed by atoms with E-state index < -0.39 is 0 Å². The van der Waals surface area contributed by atoms with Crippen molar-refractivity contribution in [2.45, 2.75) is 0 Å². The quantitative estimate of drug-likeness (QED) is 0.392. The Balaban J connectivity index is -0.00000000500. The van der Waals surface area contributed by atoms with E-state index in [1.165, 1.54) is 0 Å². The van der Waals surface area contributed by atoms with Crippen LogP contribution in [0, 0.1) is 0 Å². The van der Waals surface area contributed by atoms with Crippen molar-refractivity contribution in [2.75, 3.05) is 0 Å². The van der Waals surface area contributed by atoms with Crippen LogP contribution in [0.3, 0.4) is 0 Å². The van der Waals surface area contributed by atoms with Gasteiger partial charge < -0.3 is 0 Å². The number of rotatable bonds is 0.